The first-order valence-electron chi connectivity index (χ1n) is 3.06. The summed E-state index contributed by atoms with van der Waals surface area (Å²) in [6.45, 7) is 0.812. The van der Waals surface area contributed by atoms with E-state index in [9.17, 15) is 4.79 Å². The lowest BCUT2D eigenvalue weighted by Gasteiger charge is -1.95. The number of hydrogen-bond acceptors (Lipinski definition) is 3. The number of thioether (sulfide) groups is 1. The van der Waals surface area contributed by atoms with E-state index < -0.39 is 0 Å². The molecule has 2 rings (SSSR count). The van der Waals surface area contributed by atoms with Gasteiger partial charge in [0.2, 0.25) is 0 Å². The van der Waals surface area contributed by atoms with Crippen LogP contribution in [0.1, 0.15) is 0 Å². The summed E-state index contributed by atoms with van der Waals surface area (Å²) < 4.78 is 1.70. The van der Waals surface area contributed by atoms with E-state index in [1.165, 1.54) is 0 Å². The monoisotopic (exact) mass is 154 g/mol. The Balaban J connectivity index is 2.70. The summed E-state index contributed by atoms with van der Waals surface area (Å²) in [5.41, 5.74) is -0.123. The molecule has 1 aromatic rings. The Labute approximate surface area is 62.1 Å². The molecule has 10 heavy (non-hydrogen) atoms. The van der Waals surface area contributed by atoms with Crippen LogP contribution in [0.4, 0.5) is 0 Å². The summed E-state index contributed by atoms with van der Waals surface area (Å²) >= 11 is 1.70. The molecule has 0 saturated heterocycles. The van der Waals surface area contributed by atoms with Crippen molar-refractivity contribution >= 4 is 11.8 Å². The fourth-order valence-electron chi connectivity index (χ4n) is 0.992. The van der Waals surface area contributed by atoms with Crippen molar-refractivity contribution in [2.45, 2.75) is 11.6 Å². The molecule has 0 aliphatic carbocycles. The van der Waals surface area contributed by atoms with Gasteiger partial charge in [-0.25, -0.2) is 9.78 Å². The Kier molecular flexibility index (Phi) is 1.27. The number of rotatable bonds is 0. The van der Waals surface area contributed by atoms with Crippen LogP contribution in [-0.4, -0.2) is 15.3 Å². The van der Waals surface area contributed by atoms with Gasteiger partial charge >= 0.3 is 5.69 Å². The highest BCUT2D eigenvalue weighted by atomic mass is 32.2. The maximum absolute atomic E-state index is 10.9. The SMILES string of the molecule is O=c1nccc2n1CCS2. The first kappa shape index (κ1) is 5.97. The van der Waals surface area contributed by atoms with Crippen LogP contribution in [-0.2, 0) is 6.54 Å². The summed E-state index contributed by atoms with van der Waals surface area (Å²) in [4.78, 5) is 14.6. The van der Waals surface area contributed by atoms with Gasteiger partial charge in [0.1, 0.15) is 0 Å². The van der Waals surface area contributed by atoms with E-state index in [2.05, 4.69) is 4.98 Å². The fraction of sp³-hybridized carbons (Fsp3) is 0.333. The van der Waals surface area contributed by atoms with Crippen molar-refractivity contribution in [2.24, 2.45) is 0 Å². The first-order chi connectivity index (χ1) is 4.88. The molecule has 0 N–H and O–H groups in total. The summed E-state index contributed by atoms with van der Waals surface area (Å²) in [6, 6.07) is 1.87. The van der Waals surface area contributed by atoms with Crippen molar-refractivity contribution in [3.05, 3.63) is 22.7 Å². The van der Waals surface area contributed by atoms with Crippen LogP contribution in [0.25, 0.3) is 0 Å². The third kappa shape index (κ3) is 0.759. The molecule has 0 amide bonds. The highest BCUT2D eigenvalue weighted by Crippen LogP contribution is 2.21. The normalized spacial score (nSPS) is 15.2. The van der Waals surface area contributed by atoms with Crippen molar-refractivity contribution < 1.29 is 0 Å². The van der Waals surface area contributed by atoms with E-state index >= 15 is 0 Å². The molecule has 2 heterocycles. The van der Waals surface area contributed by atoms with Crippen molar-refractivity contribution in [3.8, 4) is 0 Å². The summed E-state index contributed by atoms with van der Waals surface area (Å²) in [7, 11) is 0. The first-order valence-corrected chi connectivity index (χ1v) is 4.05. The Morgan fingerprint density at radius 3 is 3.40 bits per heavy atom. The Bertz CT molecular complexity index is 307. The molecule has 0 unspecified atom stereocenters. The average Bonchev–Trinajstić information content (AvgIpc) is 2.36. The van der Waals surface area contributed by atoms with Gasteiger partial charge < -0.3 is 0 Å². The lowest BCUT2D eigenvalue weighted by molar-refractivity contribution is 0.665. The third-order valence-corrected chi connectivity index (χ3v) is 2.50. The van der Waals surface area contributed by atoms with E-state index in [4.69, 9.17) is 0 Å². The van der Waals surface area contributed by atoms with Gasteiger partial charge in [-0.1, -0.05) is 0 Å². The summed E-state index contributed by atoms with van der Waals surface area (Å²) in [6.07, 6.45) is 1.56. The van der Waals surface area contributed by atoms with Gasteiger partial charge in [0.05, 0.1) is 5.03 Å². The van der Waals surface area contributed by atoms with Gasteiger partial charge in [-0.2, -0.15) is 0 Å². The highest BCUT2D eigenvalue weighted by molar-refractivity contribution is 7.99. The average molecular weight is 154 g/mol. The molecule has 1 aliphatic heterocycles. The van der Waals surface area contributed by atoms with Crippen LogP contribution in [0.3, 0.4) is 0 Å². The summed E-state index contributed by atoms with van der Waals surface area (Å²) in [5.74, 6) is 1.00. The predicted molar refractivity (Wildman–Crippen MR) is 39.2 cm³/mol. The van der Waals surface area contributed by atoms with Crippen molar-refractivity contribution in [2.75, 3.05) is 5.75 Å². The molecular weight excluding hydrogens is 148 g/mol. The Hall–Kier alpha value is -0.770. The maximum Gasteiger partial charge on any atom is 0.348 e. The molecule has 0 fully saturated rings. The number of fused-ring (bicyclic) bond motifs is 1. The minimum Gasteiger partial charge on any atom is -0.286 e. The summed E-state index contributed by atoms with van der Waals surface area (Å²) in [5, 5.41) is 1.04. The van der Waals surface area contributed by atoms with Crippen LogP contribution in [0.2, 0.25) is 0 Å². The minimum atomic E-state index is -0.123. The predicted octanol–water partition coefficient (Wildman–Crippen LogP) is 0.349. The smallest absolute Gasteiger partial charge is 0.286 e. The molecule has 0 atom stereocenters. The second-order valence-corrected chi connectivity index (χ2v) is 3.18. The third-order valence-electron chi connectivity index (χ3n) is 1.46. The van der Waals surface area contributed by atoms with E-state index in [-0.39, 0.29) is 5.69 Å². The second kappa shape index (κ2) is 2.12. The fourth-order valence-corrected chi connectivity index (χ4v) is 1.96. The van der Waals surface area contributed by atoms with Crippen LogP contribution in [0, 0.1) is 0 Å². The zero-order valence-electron chi connectivity index (χ0n) is 5.28. The second-order valence-electron chi connectivity index (χ2n) is 2.07. The molecule has 0 spiro atoms. The topological polar surface area (TPSA) is 34.9 Å². The van der Waals surface area contributed by atoms with E-state index in [0.29, 0.717) is 0 Å². The molecule has 3 nitrogen and oxygen atoms in total. The van der Waals surface area contributed by atoms with Gasteiger partial charge in [-0.15, -0.1) is 11.8 Å². The van der Waals surface area contributed by atoms with Gasteiger partial charge in [-0.05, 0) is 6.07 Å². The van der Waals surface area contributed by atoms with Crippen molar-refractivity contribution in [1.82, 2.24) is 9.55 Å². The van der Waals surface area contributed by atoms with Gasteiger partial charge in [0.25, 0.3) is 0 Å². The number of nitrogens with zero attached hydrogens (tertiary/aromatic N) is 2. The number of hydrogen-bond donors (Lipinski definition) is 0. The largest absolute Gasteiger partial charge is 0.348 e. The van der Waals surface area contributed by atoms with E-state index in [1.54, 1.807) is 22.5 Å². The standard InChI is InChI=1S/C6H6N2OS/c9-6-7-2-1-5-8(6)3-4-10-5/h1-2H,3-4H2. The van der Waals surface area contributed by atoms with Crippen molar-refractivity contribution in [1.29, 1.82) is 0 Å². The van der Waals surface area contributed by atoms with Gasteiger partial charge in [0, 0.05) is 18.5 Å². The van der Waals surface area contributed by atoms with E-state index in [0.717, 1.165) is 17.3 Å². The quantitative estimate of drug-likeness (QED) is 0.506. The molecule has 1 aromatic heterocycles. The Morgan fingerprint density at radius 2 is 2.60 bits per heavy atom. The molecule has 0 bridgehead atoms. The molecule has 4 heteroatoms. The molecule has 0 saturated carbocycles. The molecule has 1 aliphatic rings. The van der Waals surface area contributed by atoms with Crippen LogP contribution < -0.4 is 5.69 Å². The molecular formula is C6H6N2OS. The van der Waals surface area contributed by atoms with Crippen LogP contribution >= 0.6 is 11.8 Å². The molecule has 0 aromatic carbocycles. The lowest BCUT2D eigenvalue weighted by atomic mass is 10.6. The van der Waals surface area contributed by atoms with Crippen LogP contribution in [0.5, 0.6) is 0 Å². The number of aromatic nitrogens is 2. The van der Waals surface area contributed by atoms with Gasteiger partial charge in [-0.3, -0.25) is 4.57 Å². The van der Waals surface area contributed by atoms with E-state index in [1.807, 2.05) is 6.07 Å². The van der Waals surface area contributed by atoms with Gasteiger partial charge in [0.15, 0.2) is 0 Å². The highest BCUT2D eigenvalue weighted by Gasteiger charge is 2.10. The zero-order chi connectivity index (χ0) is 6.97. The lowest BCUT2D eigenvalue weighted by Crippen LogP contribution is -2.20. The minimum absolute atomic E-state index is 0.123. The maximum atomic E-state index is 10.9. The van der Waals surface area contributed by atoms with Crippen molar-refractivity contribution in [3.63, 3.8) is 0 Å². The van der Waals surface area contributed by atoms with Crippen LogP contribution in [0.15, 0.2) is 22.1 Å². The zero-order valence-corrected chi connectivity index (χ0v) is 6.10. The molecule has 0 radical (unpaired) electrons. The Morgan fingerprint density at radius 1 is 1.70 bits per heavy atom. The molecule has 52 valence electrons.